The molecule has 1 unspecified atom stereocenters. The number of pyridine rings is 1. The monoisotopic (exact) mass is 298 g/mol. The molecule has 4 heteroatoms. The van der Waals surface area contributed by atoms with Gasteiger partial charge in [0.25, 0.3) is 0 Å². The summed E-state index contributed by atoms with van der Waals surface area (Å²) < 4.78 is 6.67. The number of halogens is 1. The lowest BCUT2D eigenvalue weighted by molar-refractivity contribution is 0.101. The van der Waals surface area contributed by atoms with Crippen molar-refractivity contribution in [1.29, 1.82) is 0 Å². The van der Waals surface area contributed by atoms with Gasteiger partial charge in [-0.15, -0.1) is 0 Å². The van der Waals surface area contributed by atoms with Crippen molar-refractivity contribution in [2.24, 2.45) is 5.92 Å². The zero-order chi connectivity index (χ0) is 11.9. The second-order valence-electron chi connectivity index (χ2n) is 4.52. The highest BCUT2D eigenvalue weighted by atomic mass is 79.9. The molecule has 1 aromatic rings. The molecule has 1 N–H and O–H groups in total. The minimum Gasteiger partial charge on any atom is -0.375 e. The van der Waals surface area contributed by atoms with Gasteiger partial charge in [0, 0.05) is 17.3 Å². The number of piperidine rings is 1. The topological polar surface area (TPSA) is 34.1 Å². The third-order valence-corrected chi connectivity index (χ3v) is 3.58. The van der Waals surface area contributed by atoms with E-state index in [1.54, 1.807) is 0 Å². The maximum Gasteiger partial charge on any atom is 0.0887 e. The number of hydrogen-bond donors (Lipinski definition) is 1. The quantitative estimate of drug-likeness (QED) is 0.849. The van der Waals surface area contributed by atoms with Crippen LogP contribution in [-0.4, -0.2) is 24.7 Å². The van der Waals surface area contributed by atoms with Gasteiger partial charge in [0.15, 0.2) is 0 Å². The predicted molar refractivity (Wildman–Crippen MR) is 71.8 cm³/mol. The first-order valence-corrected chi connectivity index (χ1v) is 7.03. The molecule has 0 aliphatic carbocycles. The van der Waals surface area contributed by atoms with Gasteiger partial charge >= 0.3 is 0 Å². The molecule has 0 amide bonds. The van der Waals surface area contributed by atoms with Crippen LogP contribution in [0.4, 0.5) is 0 Å². The molecule has 2 heterocycles. The number of rotatable bonds is 5. The van der Waals surface area contributed by atoms with Gasteiger partial charge in [-0.1, -0.05) is 0 Å². The Hall–Kier alpha value is -0.450. The zero-order valence-electron chi connectivity index (χ0n) is 9.99. The van der Waals surface area contributed by atoms with Crippen LogP contribution in [-0.2, 0) is 11.3 Å². The highest BCUT2D eigenvalue weighted by Gasteiger charge is 2.12. The van der Waals surface area contributed by atoms with Gasteiger partial charge in [0.05, 0.1) is 12.3 Å². The van der Waals surface area contributed by atoms with Gasteiger partial charge in [0.1, 0.15) is 0 Å². The summed E-state index contributed by atoms with van der Waals surface area (Å²) >= 11 is 3.37. The van der Waals surface area contributed by atoms with Gasteiger partial charge < -0.3 is 10.1 Å². The van der Waals surface area contributed by atoms with Crippen LogP contribution >= 0.6 is 15.9 Å². The molecule has 1 saturated heterocycles. The van der Waals surface area contributed by atoms with Crippen LogP contribution in [0.5, 0.6) is 0 Å². The minimum atomic E-state index is 0.618. The van der Waals surface area contributed by atoms with Crippen LogP contribution in [0.2, 0.25) is 0 Å². The lowest BCUT2D eigenvalue weighted by Gasteiger charge is -2.22. The van der Waals surface area contributed by atoms with Crippen molar-refractivity contribution in [2.45, 2.75) is 25.9 Å². The fourth-order valence-electron chi connectivity index (χ4n) is 2.09. The summed E-state index contributed by atoms with van der Waals surface area (Å²) in [5.74, 6) is 0.793. The van der Waals surface area contributed by atoms with Crippen molar-refractivity contribution >= 4 is 15.9 Å². The molecule has 3 nitrogen and oxygen atoms in total. The zero-order valence-corrected chi connectivity index (χ0v) is 11.6. The van der Waals surface area contributed by atoms with Crippen molar-refractivity contribution in [3.63, 3.8) is 0 Å². The minimum absolute atomic E-state index is 0.618. The van der Waals surface area contributed by atoms with E-state index in [0.717, 1.165) is 35.7 Å². The van der Waals surface area contributed by atoms with Gasteiger partial charge in [-0.3, -0.25) is 4.98 Å². The first-order chi connectivity index (χ1) is 8.34. The van der Waals surface area contributed by atoms with Crippen LogP contribution in [0.25, 0.3) is 0 Å². The summed E-state index contributed by atoms with van der Waals surface area (Å²) in [7, 11) is 0. The number of nitrogens with one attached hydrogen (secondary N) is 1. The molecule has 1 aliphatic heterocycles. The van der Waals surface area contributed by atoms with Crippen molar-refractivity contribution in [3.05, 3.63) is 28.5 Å². The second-order valence-corrected chi connectivity index (χ2v) is 5.44. The Morgan fingerprint density at radius 2 is 2.41 bits per heavy atom. The Bertz CT molecular complexity index is 323. The Labute approximate surface area is 111 Å². The summed E-state index contributed by atoms with van der Waals surface area (Å²) in [6.45, 7) is 3.79. The Balaban J connectivity index is 1.60. The number of nitrogens with zero attached hydrogens (tertiary/aromatic N) is 1. The molecule has 1 fully saturated rings. The SMILES string of the molecule is Brc1ccc(COCCC2CCCNC2)nc1. The first kappa shape index (κ1) is 13.0. The fourth-order valence-corrected chi connectivity index (χ4v) is 2.32. The summed E-state index contributed by atoms with van der Waals surface area (Å²) in [6.07, 6.45) is 5.61. The normalized spacial score (nSPS) is 20.4. The number of ether oxygens (including phenoxy) is 1. The van der Waals surface area contributed by atoms with Crippen molar-refractivity contribution in [3.8, 4) is 0 Å². The van der Waals surface area contributed by atoms with Crippen LogP contribution in [0.3, 0.4) is 0 Å². The van der Waals surface area contributed by atoms with E-state index in [4.69, 9.17) is 4.74 Å². The molecule has 94 valence electrons. The third-order valence-electron chi connectivity index (χ3n) is 3.11. The summed E-state index contributed by atoms with van der Waals surface area (Å²) in [6, 6.07) is 3.99. The average Bonchev–Trinajstić information content (AvgIpc) is 2.38. The predicted octanol–water partition coefficient (Wildman–Crippen LogP) is 2.75. The summed E-state index contributed by atoms with van der Waals surface area (Å²) in [4.78, 5) is 4.28. The van der Waals surface area contributed by atoms with Gasteiger partial charge in [-0.2, -0.15) is 0 Å². The van der Waals surface area contributed by atoms with Crippen molar-refractivity contribution in [2.75, 3.05) is 19.7 Å². The van der Waals surface area contributed by atoms with E-state index in [2.05, 4.69) is 26.2 Å². The average molecular weight is 299 g/mol. The fraction of sp³-hybridized carbons (Fsp3) is 0.615. The van der Waals surface area contributed by atoms with Crippen LogP contribution in [0, 0.1) is 5.92 Å². The highest BCUT2D eigenvalue weighted by Crippen LogP contribution is 2.14. The van der Waals surface area contributed by atoms with Gasteiger partial charge in [-0.05, 0) is 66.3 Å². The lowest BCUT2D eigenvalue weighted by atomic mass is 9.97. The van der Waals surface area contributed by atoms with Crippen LogP contribution in [0.15, 0.2) is 22.8 Å². The number of hydrogen-bond acceptors (Lipinski definition) is 3. The van der Waals surface area contributed by atoms with Crippen LogP contribution < -0.4 is 5.32 Å². The molecule has 1 aromatic heterocycles. The Morgan fingerprint density at radius 1 is 1.47 bits per heavy atom. The van der Waals surface area contributed by atoms with E-state index in [9.17, 15) is 0 Å². The molecular formula is C13H19BrN2O. The third kappa shape index (κ3) is 4.74. The summed E-state index contributed by atoms with van der Waals surface area (Å²) in [5.41, 5.74) is 0.995. The molecule has 0 bridgehead atoms. The summed E-state index contributed by atoms with van der Waals surface area (Å²) in [5, 5.41) is 3.43. The molecule has 0 radical (unpaired) electrons. The largest absolute Gasteiger partial charge is 0.375 e. The smallest absolute Gasteiger partial charge is 0.0887 e. The molecule has 0 saturated carbocycles. The highest BCUT2D eigenvalue weighted by molar-refractivity contribution is 9.10. The molecule has 0 spiro atoms. The van der Waals surface area contributed by atoms with E-state index >= 15 is 0 Å². The van der Waals surface area contributed by atoms with E-state index in [-0.39, 0.29) is 0 Å². The molecule has 1 atom stereocenters. The van der Waals surface area contributed by atoms with Crippen molar-refractivity contribution in [1.82, 2.24) is 10.3 Å². The standard InChI is InChI=1S/C13H19BrN2O/c14-12-3-4-13(16-9-12)10-17-7-5-11-2-1-6-15-8-11/h3-4,9,11,15H,1-2,5-8,10H2. The molecule has 0 aromatic carbocycles. The maximum atomic E-state index is 5.66. The Morgan fingerprint density at radius 3 is 3.12 bits per heavy atom. The van der Waals surface area contributed by atoms with Crippen molar-refractivity contribution < 1.29 is 4.74 Å². The van der Waals surface area contributed by atoms with E-state index in [1.165, 1.54) is 19.4 Å². The van der Waals surface area contributed by atoms with E-state index in [0.29, 0.717) is 6.61 Å². The Kier molecular flexibility index (Phi) is 5.42. The molecule has 2 rings (SSSR count). The van der Waals surface area contributed by atoms with Crippen LogP contribution in [0.1, 0.15) is 25.0 Å². The molecule has 1 aliphatic rings. The second kappa shape index (κ2) is 7.09. The van der Waals surface area contributed by atoms with Gasteiger partial charge in [0.2, 0.25) is 0 Å². The van der Waals surface area contributed by atoms with E-state index < -0.39 is 0 Å². The van der Waals surface area contributed by atoms with E-state index in [1.807, 2.05) is 18.3 Å². The first-order valence-electron chi connectivity index (χ1n) is 6.23. The molecular weight excluding hydrogens is 280 g/mol. The molecule has 17 heavy (non-hydrogen) atoms. The number of aromatic nitrogens is 1. The lowest BCUT2D eigenvalue weighted by Crippen LogP contribution is -2.30. The van der Waals surface area contributed by atoms with Gasteiger partial charge in [-0.25, -0.2) is 0 Å². The maximum absolute atomic E-state index is 5.66.